The molecule has 0 saturated heterocycles. The Morgan fingerprint density at radius 1 is 1.06 bits per heavy atom. The number of halogens is 1. The van der Waals surface area contributed by atoms with Crippen LogP contribution in [-0.4, -0.2) is 5.11 Å². The normalized spacial score (nSPS) is 10.1. The molecule has 0 fully saturated rings. The number of para-hydroxylation sites is 1. The van der Waals surface area contributed by atoms with Crippen LogP contribution in [-0.2, 0) is 6.54 Å². The summed E-state index contributed by atoms with van der Waals surface area (Å²) >= 11 is 5.86. The van der Waals surface area contributed by atoms with Crippen LogP contribution in [0.5, 0.6) is 5.75 Å². The van der Waals surface area contributed by atoms with Crippen molar-refractivity contribution in [3.63, 3.8) is 0 Å². The third kappa shape index (κ3) is 2.67. The minimum Gasteiger partial charge on any atom is -0.508 e. The van der Waals surface area contributed by atoms with Gasteiger partial charge < -0.3 is 10.4 Å². The summed E-state index contributed by atoms with van der Waals surface area (Å²) in [4.78, 5) is 0. The zero-order valence-corrected chi connectivity index (χ0v) is 9.41. The average Bonchev–Trinajstić information content (AvgIpc) is 2.32. The van der Waals surface area contributed by atoms with Crippen LogP contribution < -0.4 is 5.32 Å². The van der Waals surface area contributed by atoms with E-state index in [1.54, 1.807) is 18.2 Å². The molecule has 2 rings (SSSR count). The maximum absolute atomic E-state index is 9.61. The third-order valence-corrected chi connectivity index (χ3v) is 2.53. The van der Waals surface area contributed by atoms with Crippen molar-refractivity contribution < 1.29 is 5.11 Å². The number of rotatable bonds is 3. The Morgan fingerprint density at radius 2 is 1.81 bits per heavy atom. The SMILES string of the molecule is Oc1ccc(Cl)cc1CNc1ccccc1. The van der Waals surface area contributed by atoms with Gasteiger partial charge in [-0.25, -0.2) is 0 Å². The van der Waals surface area contributed by atoms with Crippen molar-refractivity contribution in [1.82, 2.24) is 0 Å². The fourth-order valence-electron chi connectivity index (χ4n) is 1.45. The summed E-state index contributed by atoms with van der Waals surface area (Å²) in [5.41, 5.74) is 1.80. The molecule has 82 valence electrons. The highest BCUT2D eigenvalue weighted by Crippen LogP contribution is 2.22. The smallest absolute Gasteiger partial charge is 0.120 e. The maximum Gasteiger partial charge on any atom is 0.120 e. The fraction of sp³-hybridized carbons (Fsp3) is 0.0769. The van der Waals surface area contributed by atoms with Gasteiger partial charge in [0.05, 0.1) is 0 Å². The van der Waals surface area contributed by atoms with E-state index in [0.717, 1.165) is 11.3 Å². The molecule has 16 heavy (non-hydrogen) atoms. The number of hydrogen-bond acceptors (Lipinski definition) is 2. The zero-order chi connectivity index (χ0) is 11.4. The number of phenols is 1. The highest BCUT2D eigenvalue weighted by Gasteiger charge is 2.01. The van der Waals surface area contributed by atoms with Crippen LogP contribution in [0.3, 0.4) is 0 Å². The predicted molar refractivity (Wildman–Crippen MR) is 66.9 cm³/mol. The van der Waals surface area contributed by atoms with Gasteiger partial charge in [0.2, 0.25) is 0 Å². The highest BCUT2D eigenvalue weighted by atomic mass is 35.5. The summed E-state index contributed by atoms with van der Waals surface area (Å²) < 4.78 is 0. The molecule has 3 heteroatoms. The lowest BCUT2D eigenvalue weighted by Gasteiger charge is -2.08. The molecule has 0 aliphatic heterocycles. The molecule has 0 atom stereocenters. The summed E-state index contributed by atoms with van der Waals surface area (Å²) in [5.74, 6) is 0.257. The molecule has 0 unspecified atom stereocenters. The van der Waals surface area contributed by atoms with Crippen LogP contribution in [0.2, 0.25) is 5.02 Å². The van der Waals surface area contributed by atoms with Crippen LogP contribution in [0.1, 0.15) is 5.56 Å². The monoisotopic (exact) mass is 233 g/mol. The Labute approximate surface area is 99.5 Å². The molecular formula is C13H12ClNO. The summed E-state index contributed by atoms with van der Waals surface area (Å²) in [6, 6.07) is 14.9. The van der Waals surface area contributed by atoms with Crippen LogP contribution in [0.25, 0.3) is 0 Å². The van der Waals surface area contributed by atoms with Crippen molar-refractivity contribution in [1.29, 1.82) is 0 Å². The standard InChI is InChI=1S/C13H12ClNO/c14-11-6-7-13(16)10(8-11)9-15-12-4-2-1-3-5-12/h1-8,15-16H,9H2. The number of aromatic hydroxyl groups is 1. The van der Waals surface area contributed by atoms with Crippen LogP contribution in [0, 0.1) is 0 Å². The molecule has 0 saturated carbocycles. The minimum absolute atomic E-state index is 0.257. The molecule has 2 aromatic rings. The van der Waals surface area contributed by atoms with E-state index in [1.807, 2.05) is 30.3 Å². The second-order valence-corrected chi connectivity index (χ2v) is 3.93. The molecule has 0 radical (unpaired) electrons. The van der Waals surface area contributed by atoms with E-state index in [2.05, 4.69) is 5.32 Å². The Morgan fingerprint density at radius 3 is 2.56 bits per heavy atom. The van der Waals surface area contributed by atoms with Gasteiger partial charge in [0, 0.05) is 22.8 Å². The second-order valence-electron chi connectivity index (χ2n) is 3.49. The van der Waals surface area contributed by atoms with Crippen molar-refractivity contribution in [3.05, 3.63) is 59.1 Å². The quantitative estimate of drug-likeness (QED) is 0.848. The Bertz CT molecular complexity index is 471. The van der Waals surface area contributed by atoms with E-state index < -0.39 is 0 Å². The van der Waals surface area contributed by atoms with Gasteiger partial charge in [-0.3, -0.25) is 0 Å². The van der Waals surface area contributed by atoms with E-state index >= 15 is 0 Å². The summed E-state index contributed by atoms with van der Waals surface area (Å²) in [7, 11) is 0. The van der Waals surface area contributed by atoms with Crippen LogP contribution in [0.15, 0.2) is 48.5 Å². The first-order valence-electron chi connectivity index (χ1n) is 5.02. The predicted octanol–water partition coefficient (Wildman–Crippen LogP) is 3.66. The molecule has 2 nitrogen and oxygen atoms in total. The van der Waals surface area contributed by atoms with Crippen LogP contribution >= 0.6 is 11.6 Å². The van der Waals surface area contributed by atoms with Crippen molar-refractivity contribution in [3.8, 4) is 5.75 Å². The van der Waals surface area contributed by atoms with Gasteiger partial charge in [-0.2, -0.15) is 0 Å². The number of benzene rings is 2. The van der Waals surface area contributed by atoms with Gasteiger partial charge in [-0.05, 0) is 30.3 Å². The Kier molecular flexibility index (Phi) is 3.32. The van der Waals surface area contributed by atoms with Gasteiger partial charge in [0.15, 0.2) is 0 Å². The van der Waals surface area contributed by atoms with Gasteiger partial charge in [-0.15, -0.1) is 0 Å². The third-order valence-electron chi connectivity index (χ3n) is 2.30. The van der Waals surface area contributed by atoms with Crippen molar-refractivity contribution in [2.75, 3.05) is 5.32 Å². The van der Waals surface area contributed by atoms with Gasteiger partial charge in [-0.1, -0.05) is 29.8 Å². The molecule has 2 N–H and O–H groups in total. The van der Waals surface area contributed by atoms with Gasteiger partial charge >= 0.3 is 0 Å². The Balaban J connectivity index is 2.08. The first kappa shape index (κ1) is 10.8. The largest absolute Gasteiger partial charge is 0.508 e. The lowest BCUT2D eigenvalue weighted by molar-refractivity contribution is 0.469. The van der Waals surface area contributed by atoms with Crippen LogP contribution in [0.4, 0.5) is 5.69 Å². The molecule has 0 aliphatic carbocycles. The minimum atomic E-state index is 0.257. The molecular weight excluding hydrogens is 222 g/mol. The first-order chi connectivity index (χ1) is 7.75. The Hall–Kier alpha value is -1.67. The summed E-state index contributed by atoms with van der Waals surface area (Å²) in [6.45, 7) is 0.552. The molecule has 0 bridgehead atoms. The molecule has 0 spiro atoms. The second kappa shape index (κ2) is 4.90. The summed E-state index contributed by atoms with van der Waals surface area (Å²) in [6.07, 6.45) is 0. The average molecular weight is 234 g/mol. The number of nitrogens with one attached hydrogen (secondary N) is 1. The maximum atomic E-state index is 9.61. The van der Waals surface area contributed by atoms with E-state index in [-0.39, 0.29) is 5.75 Å². The highest BCUT2D eigenvalue weighted by molar-refractivity contribution is 6.30. The molecule has 2 aromatic carbocycles. The molecule has 0 heterocycles. The molecule has 0 amide bonds. The zero-order valence-electron chi connectivity index (χ0n) is 8.65. The molecule has 0 aromatic heterocycles. The first-order valence-corrected chi connectivity index (χ1v) is 5.40. The number of anilines is 1. The number of hydrogen-bond donors (Lipinski definition) is 2. The van der Waals surface area contributed by atoms with Crippen molar-refractivity contribution in [2.24, 2.45) is 0 Å². The van der Waals surface area contributed by atoms with E-state index in [0.29, 0.717) is 11.6 Å². The van der Waals surface area contributed by atoms with Gasteiger partial charge in [0.1, 0.15) is 5.75 Å². The van der Waals surface area contributed by atoms with Gasteiger partial charge in [0.25, 0.3) is 0 Å². The van der Waals surface area contributed by atoms with Crippen molar-refractivity contribution >= 4 is 17.3 Å². The molecule has 0 aliphatic rings. The lowest BCUT2D eigenvalue weighted by atomic mass is 10.2. The van der Waals surface area contributed by atoms with Crippen molar-refractivity contribution in [2.45, 2.75) is 6.54 Å². The fourth-order valence-corrected chi connectivity index (χ4v) is 1.64. The van der Waals surface area contributed by atoms with E-state index in [9.17, 15) is 5.11 Å². The topological polar surface area (TPSA) is 32.3 Å². The van der Waals surface area contributed by atoms with E-state index in [4.69, 9.17) is 11.6 Å². The number of phenolic OH excluding ortho intramolecular Hbond substituents is 1. The lowest BCUT2D eigenvalue weighted by Crippen LogP contribution is -1.99. The van der Waals surface area contributed by atoms with E-state index in [1.165, 1.54) is 0 Å². The summed E-state index contributed by atoms with van der Waals surface area (Å²) in [5, 5.41) is 13.5.